The molecule has 2 nitrogen and oxygen atoms in total. The molecule has 1 atom stereocenters. The molecule has 1 rings (SSSR count). The number of hydrogen-bond donors (Lipinski definition) is 2. The van der Waals surface area contributed by atoms with E-state index in [1.807, 2.05) is 5.32 Å². The first-order valence-corrected chi connectivity index (χ1v) is 2.88. The zero-order valence-corrected chi connectivity index (χ0v) is 7.68. The van der Waals surface area contributed by atoms with Gasteiger partial charge in [-0.05, 0) is 13.5 Å². The Kier molecular flexibility index (Phi) is 3.11. The number of halogens is 1. The maximum absolute atomic E-state index is 9.33. The normalized spacial score (nSPS) is 34.2. The molecular weight excluding hydrogens is 229 g/mol. The molecule has 9 heavy (non-hydrogen) atoms. The van der Waals surface area contributed by atoms with Gasteiger partial charge in [-0.15, -0.1) is 0 Å². The third kappa shape index (κ3) is 1.91. The van der Waals surface area contributed by atoms with Gasteiger partial charge in [0.05, 0.1) is 6.54 Å². The molecule has 0 amide bonds. The average molecular weight is 241 g/mol. The first-order chi connectivity index (χ1) is 3.63. The summed E-state index contributed by atoms with van der Waals surface area (Å²) >= 11 is 0. The van der Waals surface area contributed by atoms with Crippen molar-refractivity contribution in [3.8, 4) is 0 Å². The minimum absolute atomic E-state index is 0. The van der Waals surface area contributed by atoms with Gasteiger partial charge in [0.15, 0.2) is 0 Å². The monoisotopic (exact) mass is 241 g/mol. The molecule has 0 aliphatic carbocycles. The van der Waals surface area contributed by atoms with Gasteiger partial charge in [-0.1, -0.05) is 0 Å². The van der Waals surface area contributed by atoms with E-state index in [9.17, 15) is 5.11 Å². The van der Waals surface area contributed by atoms with Crippen LogP contribution in [0.5, 0.6) is 0 Å². The topological polar surface area (TPSA) is 36.8 Å². The second kappa shape index (κ2) is 2.98. The van der Waals surface area contributed by atoms with Gasteiger partial charge < -0.3 is 34.4 Å². The van der Waals surface area contributed by atoms with Crippen molar-refractivity contribution in [3.05, 3.63) is 12.3 Å². The third-order valence-electron chi connectivity index (χ3n) is 1.71. The number of nitrogens with two attached hydrogens (primary N) is 1. The molecule has 0 aromatic heterocycles. The fraction of sp³-hybridized carbons (Fsp3) is 0.667. The van der Waals surface area contributed by atoms with Gasteiger partial charge in [-0.2, -0.15) is 0 Å². The molecule has 1 fully saturated rings. The van der Waals surface area contributed by atoms with E-state index in [4.69, 9.17) is 0 Å². The maximum atomic E-state index is 9.33. The van der Waals surface area contributed by atoms with Crippen LogP contribution in [0, 0.1) is 0 Å². The number of aliphatic hydroxyl groups is 1. The largest absolute Gasteiger partial charge is 1.00 e. The predicted octanol–water partition coefficient (Wildman–Crippen LogP) is -3.78. The summed E-state index contributed by atoms with van der Waals surface area (Å²) in [5.41, 5.74) is 0.275. The number of quaternary nitrogens is 1. The Labute approximate surface area is 72.4 Å². The van der Waals surface area contributed by atoms with Crippen LogP contribution < -0.4 is 29.3 Å². The Morgan fingerprint density at radius 3 is 2.44 bits per heavy atom. The maximum Gasteiger partial charge on any atom is 0.140 e. The van der Waals surface area contributed by atoms with Gasteiger partial charge >= 0.3 is 0 Å². The third-order valence-corrected chi connectivity index (χ3v) is 1.71. The summed E-state index contributed by atoms with van der Waals surface area (Å²) in [6.07, 6.45) is 0.839. The van der Waals surface area contributed by atoms with Gasteiger partial charge in [0.1, 0.15) is 11.3 Å². The number of hydrogen-bond acceptors (Lipinski definition) is 1. The van der Waals surface area contributed by atoms with Crippen LogP contribution in [0.15, 0.2) is 12.3 Å². The molecule has 1 unspecified atom stereocenters. The Balaban J connectivity index is 0.000000640. The van der Waals surface area contributed by atoms with Crippen molar-refractivity contribution in [1.29, 1.82) is 0 Å². The summed E-state index contributed by atoms with van der Waals surface area (Å²) in [6, 6.07) is 0. The van der Waals surface area contributed by atoms with Crippen LogP contribution in [0.4, 0.5) is 0 Å². The lowest BCUT2D eigenvalue weighted by atomic mass is 10.0. The van der Waals surface area contributed by atoms with E-state index in [-0.39, 0.29) is 24.0 Å². The van der Waals surface area contributed by atoms with Gasteiger partial charge in [0.2, 0.25) is 0 Å². The van der Waals surface area contributed by atoms with E-state index < -0.39 is 5.60 Å². The fourth-order valence-electron chi connectivity index (χ4n) is 0.908. The lowest BCUT2D eigenvalue weighted by Gasteiger charge is -2.10. The molecule has 0 aromatic rings. The number of rotatable bonds is 0. The Bertz CT molecular complexity index is 122. The van der Waals surface area contributed by atoms with Crippen molar-refractivity contribution in [3.63, 3.8) is 0 Å². The molecule has 3 heteroatoms. The predicted molar refractivity (Wildman–Crippen MR) is 31.2 cm³/mol. The summed E-state index contributed by atoms with van der Waals surface area (Å²) in [4.78, 5) is 0. The van der Waals surface area contributed by atoms with Crippen molar-refractivity contribution < 1.29 is 34.4 Å². The van der Waals surface area contributed by atoms with Crippen LogP contribution in [-0.2, 0) is 0 Å². The van der Waals surface area contributed by atoms with Crippen LogP contribution in [0.3, 0.4) is 0 Å². The lowest BCUT2D eigenvalue weighted by molar-refractivity contribution is -0.594. The van der Waals surface area contributed by atoms with Gasteiger partial charge in [0, 0.05) is 6.42 Å². The molecule has 0 bridgehead atoms. The van der Waals surface area contributed by atoms with E-state index in [2.05, 4.69) is 6.58 Å². The molecule has 1 aliphatic rings. The van der Waals surface area contributed by atoms with Crippen LogP contribution in [0.1, 0.15) is 13.3 Å². The molecule has 0 aromatic carbocycles. The van der Waals surface area contributed by atoms with E-state index in [0.717, 1.165) is 18.7 Å². The van der Waals surface area contributed by atoms with Crippen molar-refractivity contribution in [2.24, 2.45) is 0 Å². The smallest absolute Gasteiger partial charge is 0.140 e. The minimum atomic E-state index is -0.597. The molecule has 0 spiro atoms. The average Bonchev–Trinajstić information content (AvgIpc) is 1.86. The van der Waals surface area contributed by atoms with Crippen LogP contribution in [0.2, 0.25) is 0 Å². The Morgan fingerprint density at radius 1 is 1.78 bits per heavy atom. The van der Waals surface area contributed by atoms with E-state index in [1.165, 1.54) is 0 Å². The van der Waals surface area contributed by atoms with Gasteiger partial charge in [-0.25, -0.2) is 0 Å². The summed E-state index contributed by atoms with van der Waals surface area (Å²) < 4.78 is 0. The second-order valence-corrected chi connectivity index (χ2v) is 2.54. The van der Waals surface area contributed by atoms with Crippen molar-refractivity contribution >= 4 is 0 Å². The highest BCUT2D eigenvalue weighted by molar-refractivity contribution is 5.02. The second-order valence-electron chi connectivity index (χ2n) is 2.54. The SMILES string of the molecule is C=C1[NH2+]CCC1(C)O.[I-]. The van der Waals surface area contributed by atoms with Gasteiger partial charge in [0.25, 0.3) is 0 Å². The Morgan fingerprint density at radius 2 is 2.33 bits per heavy atom. The highest BCUT2D eigenvalue weighted by Gasteiger charge is 2.33. The first kappa shape index (κ1) is 9.39. The molecule has 1 heterocycles. The first-order valence-electron chi connectivity index (χ1n) is 2.88. The molecule has 54 valence electrons. The molecule has 0 saturated carbocycles. The van der Waals surface area contributed by atoms with E-state index in [1.54, 1.807) is 6.92 Å². The highest BCUT2D eigenvalue weighted by Crippen LogP contribution is 2.15. The molecule has 1 aliphatic heterocycles. The van der Waals surface area contributed by atoms with Crippen LogP contribution in [0.25, 0.3) is 0 Å². The van der Waals surface area contributed by atoms with Gasteiger partial charge in [-0.3, -0.25) is 0 Å². The summed E-state index contributed by atoms with van der Waals surface area (Å²) in [5, 5.41) is 11.3. The van der Waals surface area contributed by atoms with Crippen molar-refractivity contribution in [1.82, 2.24) is 0 Å². The van der Waals surface area contributed by atoms with E-state index >= 15 is 0 Å². The summed E-state index contributed by atoms with van der Waals surface area (Å²) in [6.45, 7) is 6.48. The quantitative estimate of drug-likeness (QED) is 0.420. The van der Waals surface area contributed by atoms with E-state index in [0.29, 0.717) is 0 Å². The van der Waals surface area contributed by atoms with Crippen molar-refractivity contribution in [2.75, 3.05) is 6.54 Å². The van der Waals surface area contributed by atoms with Crippen LogP contribution >= 0.6 is 0 Å². The zero-order valence-electron chi connectivity index (χ0n) is 5.52. The lowest BCUT2D eigenvalue weighted by Crippen LogP contribution is -3.00. The standard InChI is InChI=1S/C6H11NO.HI/c1-5-6(2,8)3-4-7-5;/h7-8H,1,3-4H2,2H3;1H. The molecule has 0 radical (unpaired) electrons. The zero-order chi connectivity index (χ0) is 6.20. The Hall–Kier alpha value is 0.390. The van der Waals surface area contributed by atoms with Crippen molar-refractivity contribution in [2.45, 2.75) is 18.9 Å². The molecular formula is C6H12INO. The molecule has 3 N–H and O–H groups in total. The highest BCUT2D eigenvalue weighted by atomic mass is 127. The van der Waals surface area contributed by atoms with Crippen LogP contribution in [-0.4, -0.2) is 17.3 Å². The summed E-state index contributed by atoms with van der Waals surface area (Å²) in [5.74, 6) is 0. The minimum Gasteiger partial charge on any atom is -1.00 e. The summed E-state index contributed by atoms with van der Waals surface area (Å²) in [7, 11) is 0. The molecule has 1 saturated heterocycles. The fourth-order valence-corrected chi connectivity index (χ4v) is 0.908.